The highest BCUT2D eigenvalue weighted by Crippen LogP contribution is 2.31. The van der Waals surface area contributed by atoms with Crippen LogP contribution in [0.5, 0.6) is 11.5 Å². The molecule has 2 aromatic rings. The molecule has 1 saturated heterocycles. The highest BCUT2D eigenvalue weighted by Gasteiger charge is 2.37. The number of barbiturate groups is 1. The molecule has 1 heterocycles. The second-order valence-electron chi connectivity index (χ2n) is 6.95. The van der Waals surface area contributed by atoms with Gasteiger partial charge in [0.05, 0.1) is 12.8 Å². The molecular weight excluding hydrogens is 416 g/mol. The van der Waals surface area contributed by atoms with Crippen molar-refractivity contribution >= 4 is 35.6 Å². The lowest BCUT2D eigenvalue weighted by atomic mass is 10.0. The zero-order valence-corrected chi connectivity index (χ0v) is 17.7. The van der Waals surface area contributed by atoms with Crippen LogP contribution in [0.1, 0.15) is 25.0 Å². The van der Waals surface area contributed by atoms with Crippen LogP contribution in [-0.2, 0) is 20.8 Å². The number of carbonyl (C=O) groups excluding carboxylic acids is 3. The Balaban J connectivity index is 1.98. The quantitative estimate of drug-likeness (QED) is 0.503. The summed E-state index contributed by atoms with van der Waals surface area (Å²) in [5.74, 6) is -2.29. The Bertz CT molecular complexity index is 1120. The van der Waals surface area contributed by atoms with Crippen LogP contribution in [-0.4, -0.2) is 42.1 Å². The van der Waals surface area contributed by atoms with Crippen LogP contribution in [0.2, 0.25) is 0 Å². The van der Waals surface area contributed by atoms with E-state index in [1.54, 1.807) is 30.3 Å². The summed E-state index contributed by atoms with van der Waals surface area (Å²) in [6, 6.07) is 10.7. The van der Waals surface area contributed by atoms with Gasteiger partial charge >= 0.3 is 12.0 Å². The molecule has 0 aliphatic carbocycles. The number of aryl methyl sites for hydroxylation is 1. The van der Waals surface area contributed by atoms with E-state index in [-0.39, 0.29) is 17.1 Å². The Morgan fingerprint density at radius 2 is 1.88 bits per heavy atom. The molecule has 9 heteroatoms. The third-order valence-corrected chi connectivity index (χ3v) is 4.87. The molecule has 0 unspecified atom stereocenters. The lowest BCUT2D eigenvalue weighted by Crippen LogP contribution is -2.54. The minimum Gasteiger partial charge on any atom is -0.493 e. The van der Waals surface area contributed by atoms with Crippen molar-refractivity contribution in [3.8, 4) is 11.5 Å². The van der Waals surface area contributed by atoms with E-state index in [4.69, 9.17) is 14.6 Å². The summed E-state index contributed by atoms with van der Waals surface area (Å²) in [5.41, 5.74) is 1.37. The fourth-order valence-electron chi connectivity index (χ4n) is 3.18. The average Bonchev–Trinajstić information content (AvgIpc) is 2.77. The van der Waals surface area contributed by atoms with E-state index in [0.717, 1.165) is 10.5 Å². The number of nitrogens with one attached hydrogen (secondary N) is 1. The van der Waals surface area contributed by atoms with Gasteiger partial charge in [0.15, 0.2) is 17.6 Å². The van der Waals surface area contributed by atoms with Crippen molar-refractivity contribution in [2.45, 2.75) is 26.4 Å². The summed E-state index contributed by atoms with van der Waals surface area (Å²) in [6.45, 7) is 3.27. The molecule has 32 heavy (non-hydrogen) atoms. The number of carbonyl (C=O) groups is 4. The molecule has 3 rings (SSSR count). The summed E-state index contributed by atoms with van der Waals surface area (Å²) < 4.78 is 10.6. The standard InChI is InChI=1S/C23H22N2O7/c1-4-15-7-5-6-8-17(15)25-21(27)16(20(26)24-23(25)30)11-14-9-10-18(19(12-14)31-3)32-13(2)22(28)29/h5-13H,4H2,1-3H3,(H,28,29)(H,24,26,30)/b16-11+/t13-/m0/s1. The molecule has 1 atom stereocenters. The number of ether oxygens (including phenoxy) is 2. The van der Waals surface area contributed by atoms with E-state index < -0.39 is 29.9 Å². The molecule has 0 saturated carbocycles. The molecule has 9 nitrogen and oxygen atoms in total. The molecule has 1 aliphatic heterocycles. The molecule has 0 aromatic heterocycles. The molecule has 166 valence electrons. The first-order valence-corrected chi connectivity index (χ1v) is 9.83. The van der Waals surface area contributed by atoms with Crippen molar-refractivity contribution in [2.75, 3.05) is 12.0 Å². The van der Waals surface area contributed by atoms with Crippen LogP contribution < -0.4 is 19.7 Å². The van der Waals surface area contributed by atoms with Crippen LogP contribution in [0.25, 0.3) is 6.08 Å². The number of aliphatic carboxylic acids is 1. The van der Waals surface area contributed by atoms with Crippen molar-refractivity contribution < 1.29 is 33.8 Å². The zero-order valence-electron chi connectivity index (χ0n) is 17.7. The zero-order chi connectivity index (χ0) is 23.4. The molecule has 1 aliphatic rings. The largest absolute Gasteiger partial charge is 0.493 e. The van der Waals surface area contributed by atoms with Crippen LogP contribution in [0.15, 0.2) is 48.0 Å². The summed E-state index contributed by atoms with van der Waals surface area (Å²) >= 11 is 0. The predicted octanol–water partition coefficient (Wildman–Crippen LogP) is 2.78. The fraction of sp³-hybridized carbons (Fsp3) is 0.217. The smallest absolute Gasteiger partial charge is 0.344 e. The van der Waals surface area contributed by atoms with E-state index in [1.165, 1.54) is 32.2 Å². The van der Waals surface area contributed by atoms with Gasteiger partial charge in [0.1, 0.15) is 5.57 Å². The van der Waals surface area contributed by atoms with Gasteiger partial charge in [-0.25, -0.2) is 14.5 Å². The van der Waals surface area contributed by atoms with Gasteiger partial charge in [0.25, 0.3) is 11.8 Å². The third-order valence-electron chi connectivity index (χ3n) is 4.87. The number of hydrogen-bond donors (Lipinski definition) is 2. The molecular formula is C23H22N2O7. The summed E-state index contributed by atoms with van der Waals surface area (Å²) in [7, 11) is 1.38. The van der Waals surface area contributed by atoms with Crippen LogP contribution >= 0.6 is 0 Å². The van der Waals surface area contributed by atoms with Crippen molar-refractivity contribution in [2.24, 2.45) is 0 Å². The van der Waals surface area contributed by atoms with Gasteiger partial charge in [-0.2, -0.15) is 0 Å². The first-order chi connectivity index (χ1) is 15.3. The van der Waals surface area contributed by atoms with E-state index in [2.05, 4.69) is 5.32 Å². The summed E-state index contributed by atoms with van der Waals surface area (Å²) in [4.78, 5) is 50.0. The summed E-state index contributed by atoms with van der Waals surface area (Å²) in [5, 5.41) is 11.2. The molecule has 2 aromatic carbocycles. The lowest BCUT2D eigenvalue weighted by Gasteiger charge is -2.28. The second kappa shape index (κ2) is 9.34. The SMILES string of the molecule is CCc1ccccc1N1C(=O)NC(=O)/C(=C\c2ccc(O[C@@H](C)C(=O)O)c(OC)c2)C1=O. The number of hydrogen-bond acceptors (Lipinski definition) is 6. The number of carboxylic acid groups (broad SMARTS) is 1. The molecule has 4 amide bonds. The number of rotatable bonds is 7. The third kappa shape index (κ3) is 4.46. The number of anilines is 1. The van der Waals surface area contributed by atoms with Crippen LogP contribution in [0.3, 0.4) is 0 Å². The van der Waals surface area contributed by atoms with E-state index in [0.29, 0.717) is 17.7 Å². The van der Waals surface area contributed by atoms with Crippen molar-refractivity contribution in [1.82, 2.24) is 5.32 Å². The highest BCUT2D eigenvalue weighted by atomic mass is 16.5. The first kappa shape index (κ1) is 22.5. The second-order valence-corrected chi connectivity index (χ2v) is 6.95. The minimum atomic E-state index is -1.14. The normalized spacial score (nSPS) is 16.0. The minimum absolute atomic E-state index is 0.192. The number of para-hydroxylation sites is 1. The first-order valence-electron chi connectivity index (χ1n) is 9.83. The number of carboxylic acids is 1. The maximum atomic E-state index is 13.1. The molecule has 2 N–H and O–H groups in total. The molecule has 0 bridgehead atoms. The number of benzene rings is 2. The van der Waals surface area contributed by atoms with Gasteiger partial charge in [0, 0.05) is 0 Å². The number of imide groups is 2. The Morgan fingerprint density at radius 1 is 1.16 bits per heavy atom. The number of amides is 4. The van der Waals surface area contributed by atoms with Gasteiger partial charge in [-0.05, 0) is 48.7 Å². The Morgan fingerprint density at radius 3 is 2.53 bits per heavy atom. The lowest BCUT2D eigenvalue weighted by molar-refractivity contribution is -0.144. The average molecular weight is 438 g/mol. The van der Waals surface area contributed by atoms with Crippen molar-refractivity contribution in [3.63, 3.8) is 0 Å². The maximum Gasteiger partial charge on any atom is 0.344 e. The maximum absolute atomic E-state index is 13.1. The van der Waals surface area contributed by atoms with Crippen molar-refractivity contribution in [3.05, 3.63) is 59.2 Å². The summed E-state index contributed by atoms with van der Waals surface area (Å²) in [6.07, 6.45) is 0.823. The van der Waals surface area contributed by atoms with Gasteiger partial charge in [-0.15, -0.1) is 0 Å². The highest BCUT2D eigenvalue weighted by molar-refractivity contribution is 6.39. The van der Waals surface area contributed by atoms with E-state index in [9.17, 15) is 19.2 Å². The van der Waals surface area contributed by atoms with Crippen molar-refractivity contribution in [1.29, 1.82) is 0 Å². The monoisotopic (exact) mass is 438 g/mol. The molecule has 0 spiro atoms. The number of urea groups is 1. The predicted molar refractivity (Wildman–Crippen MR) is 116 cm³/mol. The van der Waals surface area contributed by atoms with Gasteiger partial charge in [-0.3, -0.25) is 14.9 Å². The Kier molecular flexibility index (Phi) is 6.58. The van der Waals surface area contributed by atoms with E-state index >= 15 is 0 Å². The Labute approximate surface area is 184 Å². The van der Waals surface area contributed by atoms with Gasteiger partial charge in [0.2, 0.25) is 0 Å². The topological polar surface area (TPSA) is 122 Å². The van der Waals surface area contributed by atoms with Gasteiger partial charge in [-0.1, -0.05) is 31.2 Å². The number of nitrogens with zero attached hydrogens (tertiary/aromatic N) is 1. The Hall–Kier alpha value is -4.14. The van der Waals surface area contributed by atoms with Gasteiger partial charge < -0.3 is 14.6 Å². The van der Waals surface area contributed by atoms with E-state index in [1.807, 2.05) is 6.92 Å². The molecule has 1 fully saturated rings. The number of methoxy groups -OCH3 is 1. The fourth-order valence-corrected chi connectivity index (χ4v) is 3.18. The van der Waals surface area contributed by atoms with Crippen LogP contribution in [0.4, 0.5) is 10.5 Å². The van der Waals surface area contributed by atoms with Crippen LogP contribution in [0, 0.1) is 0 Å². The molecule has 0 radical (unpaired) electrons.